The Balaban J connectivity index is 1.01. The predicted octanol–water partition coefficient (Wildman–Crippen LogP) is 8.37. The number of esters is 1. The number of phenols is 1. The summed E-state index contributed by atoms with van der Waals surface area (Å²) in [5.74, 6) is 2.55. The molecular weight excluding hydrogens is 624 g/mol. The molecule has 2 aromatic rings. The highest BCUT2D eigenvalue weighted by molar-refractivity contribution is 5.77. The standard InChI is InChI=1S/C43H60N2O5/c1-29(2)27-45(39(48)18-14-9-7-5-4-6-8-11-15-31-16-12-10-13-17-31)35-22-21-34-36-25-33-37(47)26-38(49-30(3)46)41-40(33)43(34,42(35)50-41)23-24-44(36)28-32-19-20-32/h10,12-13,16-17,26,29,32,34-36,42,47H,4-9,11,14-15,18-25,27-28H2,1-3H3/t34-,35+,36+,42-,43-/m0/s1. The van der Waals surface area contributed by atoms with Crippen LogP contribution in [0.4, 0.5) is 0 Å². The number of amides is 1. The molecule has 1 amide bonds. The van der Waals surface area contributed by atoms with Crippen molar-refractivity contribution in [1.82, 2.24) is 9.80 Å². The SMILES string of the molecule is CC(=O)Oc1cc(O)c2c3c1O[C@H]1[C@H](N(CC(C)C)C(=O)CCCCCCCCCCc4ccccc4)CC[C@H]4[C@@H](C2)N(CC2CC2)CC[C@@]341. The van der Waals surface area contributed by atoms with E-state index in [0.29, 0.717) is 35.8 Å². The van der Waals surface area contributed by atoms with Crippen molar-refractivity contribution in [3.8, 4) is 17.2 Å². The van der Waals surface area contributed by atoms with Gasteiger partial charge < -0.3 is 19.5 Å². The summed E-state index contributed by atoms with van der Waals surface area (Å²) in [6.45, 7) is 8.68. The van der Waals surface area contributed by atoms with Gasteiger partial charge >= 0.3 is 5.97 Å². The molecule has 5 aliphatic rings. The van der Waals surface area contributed by atoms with E-state index in [1.807, 2.05) is 0 Å². The summed E-state index contributed by atoms with van der Waals surface area (Å²) >= 11 is 0. The molecule has 7 nitrogen and oxygen atoms in total. The fraction of sp³-hybridized carbons (Fsp3) is 0.674. The van der Waals surface area contributed by atoms with Crippen LogP contribution in [0, 0.1) is 17.8 Å². The van der Waals surface area contributed by atoms with Crippen LogP contribution in [0.2, 0.25) is 0 Å². The van der Waals surface area contributed by atoms with Gasteiger partial charge in [-0.05, 0) is 87.6 Å². The first-order valence-corrected chi connectivity index (χ1v) is 20.1. The molecule has 272 valence electrons. The minimum Gasteiger partial charge on any atom is -0.508 e. The van der Waals surface area contributed by atoms with Gasteiger partial charge in [-0.1, -0.05) is 82.7 Å². The average Bonchev–Trinajstić information content (AvgIpc) is 3.85. The van der Waals surface area contributed by atoms with Crippen LogP contribution in [0.1, 0.15) is 127 Å². The zero-order chi connectivity index (χ0) is 34.8. The molecule has 2 heterocycles. The lowest BCUT2D eigenvalue weighted by molar-refractivity contribution is -0.143. The molecule has 1 saturated heterocycles. The van der Waals surface area contributed by atoms with Crippen LogP contribution in [-0.4, -0.2) is 64.6 Å². The lowest BCUT2D eigenvalue weighted by Crippen LogP contribution is -2.69. The van der Waals surface area contributed by atoms with Crippen molar-refractivity contribution < 1.29 is 24.2 Å². The van der Waals surface area contributed by atoms with E-state index < -0.39 is 5.97 Å². The predicted molar refractivity (Wildman–Crippen MR) is 197 cm³/mol. The Kier molecular flexibility index (Phi) is 10.8. The van der Waals surface area contributed by atoms with Gasteiger partial charge in [0.05, 0.1) is 6.04 Å². The second-order valence-electron chi connectivity index (χ2n) is 16.7. The number of benzene rings is 2. The van der Waals surface area contributed by atoms with Crippen LogP contribution in [-0.2, 0) is 27.8 Å². The van der Waals surface area contributed by atoms with E-state index in [4.69, 9.17) is 9.47 Å². The van der Waals surface area contributed by atoms with E-state index in [1.54, 1.807) is 6.07 Å². The first-order chi connectivity index (χ1) is 24.3. The molecule has 2 aromatic carbocycles. The van der Waals surface area contributed by atoms with E-state index in [9.17, 15) is 14.7 Å². The maximum Gasteiger partial charge on any atom is 0.308 e. The van der Waals surface area contributed by atoms with E-state index in [-0.39, 0.29) is 29.2 Å². The van der Waals surface area contributed by atoms with Crippen LogP contribution < -0.4 is 9.47 Å². The van der Waals surface area contributed by atoms with Crippen molar-refractivity contribution in [3.63, 3.8) is 0 Å². The summed E-state index contributed by atoms with van der Waals surface area (Å²) in [6.07, 6.45) is 17.5. The average molecular weight is 685 g/mol. The van der Waals surface area contributed by atoms with Gasteiger partial charge in [0, 0.05) is 55.1 Å². The molecule has 1 N–H and O–H groups in total. The third kappa shape index (κ3) is 7.18. The van der Waals surface area contributed by atoms with Crippen LogP contribution in [0.5, 0.6) is 17.2 Å². The fourth-order valence-electron chi connectivity index (χ4n) is 10.3. The van der Waals surface area contributed by atoms with Crippen molar-refractivity contribution in [1.29, 1.82) is 0 Å². The number of ether oxygens (including phenoxy) is 2. The number of rotatable bonds is 17. The highest BCUT2D eigenvalue weighted by atomic mass is 16.6. The zero-order valence-corrected chi connectivity index (χ0v) is 30.8. The lowest BCUT2D eigenvalue weighted by atomic mass is 9.50. The van der Waals surface area contributed by atoms with Crippen LogP contribution >= 0.6 is 0 Å². The number of carbonyl (C=O) groups excluding carboxylic acids is 2. The van der Waals surface area contributed by atoms with Gasteiger partial charge in [0.25, 0.3) is 0 Å². The smallest absolute Gasteiger partial charge is 0.308 e. The van der Waals surface area contributed by atoms with E-state index in [1.165, 1.54) is 70.3 Å². The topological polar surface area (TPSA) is 79.3 Å². The van der Waals surface area contributed by atoms with Gasteiger partial charge in [0.2, 0.25) is 5.91 Å². The second-order valence-corrected chi connectivity index (χ2v) is 16.7. The minimum absolute atomic E-state index is 0.0432. The number of aromatic hydroxyl groups is 1. The summed E-state index contributed by atoms with van der Waals surface area (Å²) < 4.78 is 12.7. The summed E-state index contributed by atoms with van der Waals surface area (Å²) in [5, 5.41) is 11.4. The third-order valence-corrected chi connectivity index (χ3v) is 12.7. The maximum atomic E-state index is 14.2. The Hall–Kier alpha value is -3.06. The highest BCUT2D eigenvalue weighted by Crippen LogP contribution is 2.66. The monoisotopic (exact) mass is 684 g/mol. The summed E-state index contributed by atoms with van der Waals surface area (Å²) in [7, 11) is 0. The van der Waals surface area contributed by atoms with Gasteiger partial charge in [0.15, 0.2) is 11.5 Å². The fourth-order valence-corrected chi connectivity index (χ4v) is 10.3. The molecule has 3 aliphatic carbocycles. The van der Waals surface area contributed by atoms with Crippen molar-refractivity contribution >= 4 is 11.9 Å². The molecule has 1 spiro atoms. The van der Waals surface area contributed by atoms with E-state index in [2.05, 4.69) is 54.0 Å². The van der Waals surface area contributed by atoms with Crippen LogP contribution in [0.25, 0.3) is 0 Å². The molecular formula is C43H60N2O5. The zero-order valence-electron chi connectivity index (χ0n) is 30.8. The first-order valence-electron chi connectivity index (χ1n) is 20.1. The summed E-state index contributed by atoms with van der Waals surface area (Å²) in [5.41, 5.74) is 3.20. The van der Waals surface area contributed by atoms with Gasteiger partial charge in [-0.3, -0.25) is 14.5 Å². The van der Waals surface area contributed by atoms with Crippen LogP contribution in [0.15, 0.2) is 36.4 Å². The minimum atomic E-state index is -0.419. The Bertz CT molecular complexity index is 1500. The van der Waals surface area contributed by atoms with Gasteiger partial charge in [-0.15, -0.1) is 0 Å². The second kappa shape index (κ2) is 15.3. The summed E-state index contributed by atoms with van der Waals surface area (Å²) in [6, 6.07) is 12.7. The Morgan fingerprint density at radius 1 is 1.00 bits per heavy atom. The van der Waals surface area contributed by atoms with Crippen molar-refractivity contribution in [3.05, 3.63) is 53.1 Å². The number of hydrogen-bond acceptors (Lipinski definition) is 6. The van der Waals surface area contributed by atoms with E-state index in [0.717, 1.165) is 75.2 Å². The molecule has 50 heavy (non-hydrogen) atoms. The first kappa shape index (κ1) is 35.3. The Labute approximate surface area is 300 Å². The number of phenolic OH excluding ortho intramolecular Hbond substituents is 1. The highest BCUT2D eigenvalue weighted by Gasteiger charge is 2.67. The van der Waals surface area contributed by atoms with Crippen molar-refractivity contribution in [2.75, 3.05) is 19.6 Å². The molecule has 7 rings (SSSR count). The number of unbranched alkanes of at least 4 members (excludes halogenated alkanes) is 7. The Morgan fingerprint density at radius 2 is 1.72 bits per heavy atom. The van der Waals surface area contributed by atoms with E-state index >= 15 is 0 Å². The molecule has 0 unspecified atom stereocenters. The molecule has 2 aliphatic heterocycles. The molecule has 2 saturated carbocycles. The lowest BCUT2D eigenvalue weighted by Gasteiger charge is -2.60. The maximum absolute atomic E-state index is 14.2. The number of hydrogen-bond donors (Lipinski definition) is 1. The van der Waals surface area contributed by atoms with Gasteiger partial charge in [-0.25, -0.2) is 0 Å². The largest absolute Gasteiger partial charge is 0.508 e. The molecule has 3 fully saturated rings. The normalized spacial score (nSPS) is 26.4. The Morgan fingerprint density at radius 3 is 2.42 bits per heavy atom. The number of likely N-dealkylation sites (tertiary alicyclic amines) is 1. The molecule has 2 bridgehead atoms. The summed E-state index contributed by atoms with van der Waals surface area (Å²) in [4.78, 5) is 31.3. The number of nitrogens with zero attached hydrogens (tertiary/aromatic N) is 2. The number of piperidine rings is 1. The van der Waals surface area contributed by atoms with Gasteiger partial charge in [0.1, 0.15) is 11.9 Å². The quantitative estimate of drug-likeness (QED) is 0.103. The third-order valence-electron chi connectivity index (χ3n) is 12.7. The molecule has 5 atom stereocenters. The molecule has 7 heteroatoms. The number of aryl methyl sites for hydroxylation is 1. The van der Waals surface area contributed by atoms with Crippen LogP contribution in [0.3, 0.4) is 0 Å². The van der Waals surface area contributed by atoms with Gasteiger partial charge in [-0.2, -0.15) is 0 Å². The van der Waals surface area contributed by atoms with Crippen molar-refractivity contribution in [2.24, 2.45) is 17.8 Å². The number of carbonyl (C=O) groups is 2. The molecule has 0 radical (unpaired) electrons. The van der Waals surface area contributed by atoms with Crippen molar-refractivity contribution in [2.45, 2.75) is 147 Å². The molecule has 0 aromatic heterocycles.